The summed E-state index contributed by atoms with van der Waals surface area (Å²) in [5.41, 5.74) is 0.710. The number of piperidine rings is 1. The highest BCUT2D eigenvalue weighted by Gasteiger charge is 2.28. The van der Waals surface area contributed by atoms with E-state index in [4.69, 9.17) is 9.47 Å². The molecule has 2 aliphatic rings. The fourth-order valence-electron chi connectivity index (χ4n) is 3.66. The highest BCUT2D eigenvalue weighted by atomic mass is 16.6. The minimum absolute atomic E-state index is 0.0614. The van der Waals surface area contributed by atoms with Crippen LogP contribution in [0.25, 0.3) is 0 Å². The average Bonchev–Trinajstić information content (AvgIpc) is 2.73. The van der Waals surface area contributed by atoms with Crippen molar-refractivity contribution in [2.45, 2.75) is 45.6 Å². The van der Waals surface area contributed by atoms with Gasteiger partial charge in [-0.25, -0.2) is 9.59 Å². The van der Waals surface area contributed by atoms with Gasteiger partial charge >= 0.3 is 12.1 Å². The maximum atomic E-state index is 12.7. The van der Waals surface area contributed by atoms with E-state index in [0.717, 1.165) is 12.8 Å². The number of benzene rings is 1. The van der Waals surface area contributed by atoms with Gasteiger partial charge in [0.15, 0.2) is 0 Å². The number of rotatable bonds is 3. The van der Waals surface area contributed by atoms with E-state index in [0.29, 0.717) is 56.3 Å². The topological polar surface area (TPSA) is 91.4 Å². The quantitative estimate of drug-likeness (QED) is 0.791. The molecule has 4 amide bonds. The van der Waals surface area contributed by atoms with Crippen LogP contribution in [0.15, 0.2) is 18.2 Å². The monoisotopic (exact) mass is 432 g/mol. The van der Waals surface area contributed by atoms with Crippen LogP contribution in [-0.2, 0) is 9.53 Å². The van der Waals surface area contributed by atoms with Gasteiger partial charge in [-0.15, -0.1) is 0 Å². The Balaban J connectivity index is 1.61. The van der Waals surface area contributed by atoms with Crippen LogP contribution in [0.1, 0.15) is 40.0 Å². The van der Waals surface area contributed by atoms with Crippen molar-refractivity contribution in [2.24, 2.45) is 0 Å². The Hall–Kier alpha value is -2.97. The molecule has 1 aromatic carbocycles. The first-order chi connectivity index (χ1) is 14.7. The molecule has 0 radical (unpaired) electrons. The Morgan fingerprint density at radius 1 is 1.00 bits per heavy atom. The van der Waals surface area contributed by atoms with E-state index in [2.05, 4.69) is 5.32 Å². The minimum atomic E-state index is -0.548. The summed E-state index contributed by atoms with van der Waals surface area (Å²) >= 11 is 0. The molecule has 1 N–H and O–H groups in total. The number of methoxy groups -OCH3 is 1. The number of urea groups is 1. The van der Waals surface area contributed by atoms with Gasteiger partial charge in [0.25, 0.3) is 0 Å². The number of hydrogen-bond donors (Lipinski definition) is 1. The fraction of sp³-hybridized carbons (Fsp3) is 0.591. The van der Waals surface area contributed by atoms with Gasteiger partial charge in [-0.1, -0.05) is 0 Å². The number of ether oxygens (including phenoxy) is 2. The van der Waals surface area contributed by atoms with Crippen LogP contribution in [0.3, 0.4) is 0 Å². The molecule has 2 heterocycles. The highest BCUT2D eigenvalue weighted by Crippen LogP contribution is 2.33. The molecular formula is C22H32N4O5. The van der Waals surface area contributed by atoms with Crippen LogP contribution in [0.4, 0.5) is 21.0 Å². The van der Waals surface area contributed by atoms with E-state index < -0.39 is 5.60 Å². The second-order valence-electron chi connectivity index (χ2n) is 8.77. The summed E-state index contributed by atoms with van der Waals surface area (Å²) in [5.74, 6) is 0.658. The van der Waals surface area contributed by atoms with Crippen LogP contribution in [0.5, 0.6) is 5.75 Å². The average molecular weight is 433 g/mol. The molecule has 0 aromatic heterocycles. The molecule has 2 fully saturated rings. The molecule has 0 spiro atoms. The molecule has 2 aliphatic heterocycles. The van der Waals surface area contributed by atoms with Crippen LogP contribution < -0.4 is 15.0 Å². The van der Waals surface area contributed by atoms with E-state index >= 15 is 0 Å². The third kappa shape index (κ3) is 5.80. The van der Waals surface area contributed by atoms with E-state index in [1.54, 1.807) is 40.0 Å². The lowest BCUT2D eigenvalue weighted by molar-refractivity contribution is -0.119. The Morgan fingerprint density at radius 3 is 2.29 bits per heavy atom. The molecule has 3 rings (SSSR count). The zero-order valence-electron chi connectivity index (χ0n) is 18.8. The molecule has 0 bridgehead atoms. The van der Waals surface area contributed by atoms with Crippen molar-refractivity contribution in [1.29, 1.82) is 0 Å². The largest absolute Gasteiger partial charge is 0.495 e. The molecule has 170 valence electrons. The van der Waals surface area contributed by atoms with Gasteiger partial charge in [-0.3, -0.25) is 4.79 Å². The normalized spacial score (nSPS) is 17.4. The Bertz CT molecular complexity index is 828. The van der Waals surface area contributed by atoms with Crippen molar-refractivity contribution in [2.75, 3.05) is 50.1 Å². The summed E-state index contributed by atoms with van der Waals surface area (Å²) in [6.45, 7) is 7.78. The van der Waals surface area contributed by atoms with Gasteiger partial charge in [0, 0.05) is 44.8 Å². The van der Waals surface area contributed by atoms with Crippen molar-refractivity contribution < 1.29 is 23.9 Å². The fourth-order valence-corrected chi connectivity index (χ4v) is 3.66. The van der Waals surface area contributed by atoms with Gasteiger partial charge in [-0.05, 0) is 51.8 Å². The number of amides is 4. The van der Waals surface area contributed by atoms with Gasteiger partial charge in [0.1, 0.15) is 11.4 Å². The molecule has 0 saturated carbocycles. The maximum Gasteiger partial charge on any atom is 0.410 e. The number of nitrogens with zero attached hydrogens (tertiary/aromatic N) is 3. The van der Waals surface area contributed by atoms with E-state index in [1.807, 2.05) is 20.8 Å². The second-order valence-corrected chi connectivity index (χ2v) is 8.77. The van der Waals surface area contributed by atoms with E-state index in [-0.39, 0.29) is 18.0 Å². The number of hydrogen-bond acceptors (Lipinski definition) is 5. The molecule has 1 aromatic rings. The lowest BCUT2D eigenvalue weighted by Crippen LogP contribution is -2.52. The van der Waals surface area contributed by atoms with Gasteiger partial charge < -0.3 is 29.5 Å². The van der Waals surface area contributed by atoms with Gasteiger partial charge in [0.2, 0.25) is 5.91 Å². The maximum absolute atomic E-state index is 12.7. The number of nitrogens with one attached hydrogen (secondary N) is 1. The molecule has 0 aliphatic carbocycles. The third-order valence-electron chi connectivity index (χ3n) is 5.26. The van der Waals surface area contributed by atoms with Crippen LogP contribution in [-0.4, -0.2) is 73.3 Å². The predicted molar refractivity (Wildman–Crippen MR) is 118 cm³/mol. The molecular weight excluding hydrogens is 400 g/mol. The third-order valence-corrected chi connectivity index (χ3v) is 5.26. The standard InChI is InChI=1S/C22H32N4O5/c1-22(2,3)31-21(29)25-13-11-24(12-14-25)20(28)23-16-8-9-18(30-4)17(15-16)26-10-6-5-7-19(26)27/h8-9,15H,5-7,10-14H2,1-4H3,(H,23,28). The molecule has 31 heavy (non-hydrogen) atoms. The summed E-state index contributed by atoms with van der Waals surface area (Å²) < 4.78 is 10.8. The predicted octanol–water partition coefficient (Wildman–Crippen LogP) is 3.30. The summed E-state index contributed by atoms with van der Waals surface area (Å²) in [7, 11) is 1.57. The van der Waals surface area contributed by atoms with Crippen molar-refractivity contribution in [3.63, 3.8) is 0 Å². The van der Waals surface area contributed by atoms with Crippen LogP contribution in [0, 0.1) is 0 Å². The lowest BCUT2D eigenvalue weighted by Gasteiger charge is -2.35. The molecule has 0 unspecified atom stereocenters. The number of carbonyl (C=O) groups is 3. The molecule has 0 atom stereocenters. The van der Waals surface area contributed by atoms with Gasteiger partial charge in [-0.2, -0.15) is 0 Å². The van der Waals surface area contributed by atoms with Gasteiger partial charge in [0.05, 0.1) is 12.8 Å². The van der Waals surface area contributed by atoms with Crippen molar-refractivity contribution in [1.82, 2.24) is 9.80 Å². The van der Waals surface area contributed by atoms with Crippen molar-refractivity contribution >= 4 is 29.4 Å². The Morgan fingerprint density at radius 2 is 1.68 bits per heavy atom. The minimum Gasteiger partial charge on any atom is -0.495 e. The number of carbonyl (C=O) groups excluding carboxylic acids is 3. The summed E-state index contributed by atoms with van der Waals surface area (Å²) in [4.78, 5) is 42.3. The summed E-state index contributed by atoms with van der Waals surface area (Å²) in [5, 5.41) is 2.90. The Labute approximate surface area is 183 Å². The second kappa shape index (κ2) is 9.45. The van der Waals surface area contributed by atoms with Crippen molar-refractivity contribution in [3.05, 3.63) is 18.2 Å². The molecule has 2 saturated heterocycles. The number of piperazine rings is 1. The summed E-state index contributed by atoms with van der Waals surface area (Å²) in [6, 6.07) is 5.04. The summed E-state index contributed by atoms with van der Waals surface area (Å²) in [6.07, 6.45) is 1.98. The van der Waals surface area contributed by atoms with E-state index in [1.165, 1.54) is 0 Å². The zero-order chi connectivity index (χ0) is 22.6. The molecule has 9 heteroatoms. The highest BCUT2D eigenvalue weighted by molar-refractivity contribution is 5.97. The SMILES string of the molecule is COc1ccc(NC(=O)N2CCN(C(=O)OC(C)(C)C)CC2)cc1N1CCCCC1=O. The first-order valence-corrected chi connectivity index (χ1v) is 10.7. The number of anilines is 2. The van der Waals surface area contributed by atoms with Crippen LogP contribution >= 0.6 is 0 Å². The van der Waals surface area contributed by atoms with E-state index in [9.17, 15) is 14.4 Å². The molecule has 9 nitrogen and oxygen atoms in total. The first kappa shape index (κ1) is 22.7. The first-order valence-electron chi connectivity index (χ1n) is 10.7. The van der Waals surface area contributed by atoms with Crippen molar-refractivity contribution in [3.8, 4) is 5.75 Å². The van der Waals surface area contributed by atoms with Crippen LogP contribution in [0.2, 0.25) is 0 Å². The zero-order valence-corrected chi connectivity index (χ0v) is 18.8. The lowest BCUT2D eigenvalue weighted by atomic mass is 10.1. The smallest absolute Gasteiger partial charge is 0.410 e. The Kier molecular flexibility index (Phi) is 6.92.